The van der Waals surface area contributed by atoms with Crippen molar-refractivity contribution >= 4 is 38.9 Å². The molecule has 4 nitrogen and oxygen atoms in total. The molecule has 0 fully saturated rings. The standard InChI is InChI=1S/C16H13ClN2O2S/c17-10-1-3-11(4-2-10)21-14-8-19-9-15-13(14)7-12(22-15)5-6-16(18)20/h1-4,7-9H,5-6H2,(H2,18,20). The molecule has 2 N–H and O–H groups in total. The number of benzene rings is 1. The van der Waals surface area contributed by atoms with E-state index in [2.05, 4.69) is 4.98 Å². The number of fused-ring (bicyclic) bond motifs is 1. The van der Waals surface area contributed by atoms with Crippen molar-refractivity contribution < 1.29 is 9.53 Å². The Balaban J connectivity index is 1.89. The predicted octanol–water partition coefficient (Wildman–Crippen LogP) is 4.16. The number of rotatable bonds is 5. The van der Waals surface area contributed by atoms with Crippen LogP contribution >= 0.6 is 22.9 Å². The van der Waals surface area contributed by atoms with Crippen LogP contribution in [-0.2, 0) is 11.2 Å². The maximum Gasteiger partial charge on any atom is 0.217 e. The summed E-state index contributed by atoms with van der Waals surface area (Å²) < 4.78 is 6.90. The van der Waals surface area contributed by atoms with Gasteiger partial charge in [0.15, 0.2) is 5.75 Å². The molecule has 0 radical (unpaired) electrons. The molecule has 0 aliphatic heterocycles. The van der Waals surface area contributed by atoms with Gasteiger partial charge in [0.05, 0.1) is 10.9 Å². The van der Waals surface area contributed by atoms with Gasteiger partial charge in [-0.15, -0.1) is 11.3 Å². The van der Waals surface area contributed by atoms with Crippen LogP contribution in [0.5, 0.6) is 11.5 Å². The van der Waals surface area contributed by atoms with E-state index in [-0.39, 0.29) is 5.91 Å². The summed E-state index contributed by atoms with van der Waals surface area (Å²) in [6.07, 6.45) is 4.45. The molecule has 0 saturated carbocycles. The second kappa shape index (κ2) is 6.34. The molecule has 0 aliphatic carbocycles. The van der Waals surface area contributed by atoms with E-state index in [1.807, 2.05) is 18.2 Å². The van der Waals surface area contributed by atoms with Crippen molar-refractivity contribution in [2.75, 3.05) is 0 Å². The Hall–Kier alpha value is -2.11. The van der Waals surface area contributed by atoms with Crippen LogP contribution in [0.4, 0.5) is 0 Å². The van der Waals surface area contributed by atoms with E-state index in [0.29, 0.717) is 29.4 Å². The molecule has 2 aromatic heterocycles. The monoisotopic (exact) mass is 332 g/mol. The van der Waals surface area contributed by atoms with E-state index < -0.39 is 0 Å². The highest BCUT2D eigenvalue weighted by molar-refractivity contribution is 7.19. The second-order valence-corrected chi connectivity index (χ2v) is 6.39. The Morgan fingerprint density at radius 2 is 2.05 bits per heavy atom. The summed E-state index contributed by atoms with van der Waals surface area (Å²) in [5.41, 5.74) is 5.20. The van der Waals surface area contributed by atoms with Crippen LogP contribution in [0.2, 0.25) is 5.02 Å². The van der Waals surface area contributed by atoms with Gasteiger partial charge < -0.3 is 10.5 Å². The molecule has 6 heteroatoms. The van der Waals surface area contributed by atoms with E-state index in [1.165, 1.54) is 0 Å². The molecule has 1 amide bonds. The fraction of sp³-hybridized carbons (Fsp3) is 0.125. The van der Waals surface area contributed by atoms with E-state index in [9.17, 15) is 4.79 Å². The van der Waals surface area contributed by atoms with Gasteiger partial charge in [0.2, 0.25) is 5.91 Å². The predicted molar refractivity (Wildman–Crippen MR) is 88.7 cm³/mol. The molecule has 0 atom stereocenters. The lowest BCUT2D eigenvalue weighted by molar-refractivity contribution is -0.117. The fourth-order valence-electron chi connectivity index (χ4n) is 2.07. The Bertz CT molecular complexity index is 815. The van der Waals surface area contributed by atoms with Gasteiger partial charge in [0.1, 0.15) is 5.75 Å². The van der Waals surface area contributed by atoms with E-state index >= 15 is 0 Å². The van der Waals surface area contributed by atoms with Crippen LogP contribution < -0.4 is 10.5 Å². The van der Waals surface area contributed by atoms with Gasteiger partial charge in [-0.2, -0.15) is 0 Å². The van der Waals surface area contributed by atoms with Gasteiger partial charge in [-0.1, -0.05) is 11.6 Å². The first kappa shape index (κ1) is 14.8. The summed E-state index contributed by atoms with van der Waals surface area (Å²) in [7, 11) is 0. The lowest BCUT2D eigenvalue weighted by Gasteiger charge is -2.06. The Kier molecular flexibility index (Phi) is 4.27. The van der Waals surface area contributed by atoms with Crippen molar-refractivity contribution in [2.45, 2.75) is 12.8 Å². The van der Waals surface area contributed by atoms with Crippen molar-refractivity contribution in [1.82, 2.24) is 4.98 Å². The molecule has 0 aliphatic rings. The highest BCUT2D eigenvalue weighted by Crippen LogP contribution is 2.35. The zero-order chi connectivity index (χ0) is 15.5. The smallest absolute Gasteiger partial charge is 0.217 e. The molecule has 2 heterocycles. The molecule has 3 aromatic rings. The van der Waals surface area contributed by atoms with Crippen molar-refractivity contribution in [1.29, 1.82) is 0 Å². The van der Waals surface area contributed by atoms with Crippen LogP contribution in [0.3, 0.4) is 0 Å². The Morgan fingerprint density at radius 1 is 1.27 bits per heavy atom. The van der Waals surface area contributed by atoms with Gasteiger partial charge >= 0.3 is 0 Å². The summed E-state index contributed by atoms with van der Waals surface area (Å²) in [5, 5.41) is 1.64. The van der Waals surface area contributed by atoms with Crippen molar-refractivity contribution in [3.8, 4) is 11.5 Å². The summed E-state index contributed by atoms with van der Waals surface area (Å²) in [6, 6.07) is 9.19. The summed E-state index contributed by atoms with van der Waals surface area (Å²) >= 11 is 7.46. The Labute approximate surface area is 136 Å². The van der Waals surface area contributed by atoms with E-state index in [0.717, 1.165) is 15.0 Å². The van der Waals surface area contributed by atoms with E-state index in [1.54, 1.807) is 35.9 Å². The van der Waals surface area contributed by atoms with Gasteiger partial charge in [-0.05, 0) is 36.8 Å². The third-order valence-corrected chi connectivity index (χ3v) is 4.50. The number of ether oxygens (including phenoxy) is 1. The van der Waals surface area contributed by atoms with E-state index in [4.69, 9.17) is 22.1 Å². The number of hydrogen-bond donors (Lipinski definition) is 1. The minimum absolute atomic E-state index is 0.298. The van der Waals surface area contributed by atoms with Crippen LogP contribution in [0.1, 0.15) is 11.3 Å². The molecule has 0 bridgehead atoms. The lowest BCUT2D eigenvalue weighted by Crippen LogP contribution is -2.10. The maximum absolute atomic E-state index is 10.9. The number of primary amides is 1. The number of carbonyl (C=O) groups excluding carboxylic acids is 1. The molecular weight excluding hydrogens is 320 g/mol. The molecule has 22 heavy (non-hydrogen) atoms. The third-order valence-electron chi connectivity index (χ3n) is 3.12. The summed E-state index contributed by atoms with van der Waals surface area (Å²) in [4.78, 5) is 16.2. The normalized spacial score (nSPS) is 10.8. The zero-order valence-electron chi connectivity index (χ0n) is 11.6. The van der Waals surface area contributed by atoms with Crippen LogP contribution in [-0.4, -0.2) is 10.9 Å². The molecule has 3 rings (SSSR count). The van der Waals surface area contributed by atoms with Crippen molar-refractivity contribution in [2.24, 2.45) is 5.73 Å². The number of halogens is 1. The average Bonchev–Trinajstić information content (AvgIpc) is 2.92. The molecule has 112 valence electrons. The van der Waals surface area contributed by atoms with Gasteiger partial charge in [-0.25, -0.2) is 0 Å². The largest absolute Gasteiger partial charge is 0.455 e. The number of aryl methyl sites for hydroxylation is 1. The lowest BCUT2D eigenvalue weighted by atomic mass is 10.2. The van der Waals surface area contributed by atoms with Crippen LogP contribution in [0.15, 0.2) is 42.7 Å². The number of amides is 1. The SMILES string of the molecule is NC(=O)CCc1cc2c(Oc3ccc(Cl)cc3)cncc2s1. The maximum atomic E-state index is 10.9. The first-order valence-corrected chi connectivity index (χ1v) is 7.89. The minimum Gasteiger partial charge on any atom is -0.455 e. The molecule has 0 spiro atoms. The molecule has 0 unspecified atom stereocenters. The highest BCUT2D eigenvalue weighted by Gasteiger charge is 2.09. The number of nitrogens with two attached hydrogens (primary N) is 1. The minimum atomic E-state index is -0.298. The number of thiophene rings is 1. The van der Waals surface area contributed by atoms with Gasteiger partial charge in [0.25, 0.3) is 0 Å². The van der Waals surface area contributed by atoms with Crippen LogP contribution in [0.25, 0.3) is 10.1 Å². The average molecular weight is 333 g/mol. The number of pyridine rings is 1. The van der Waals surface area contributed by atoms with Gasteiger partial charge in [0, 0.05) is 27.9 Å². The first-order valence-electron chi connectivity index (χ1n) is 6.70. The number of hydrogen-bond acceptors (Lipinski definition) is 4. The highest BCUT2D eigenvalue weighted by atomic mass is 35.5. The van der Waals surface area contributed by atoms with Gasteiger partial charge in [-0.3, -0.25) is 9.78 Å². The first-order chi connectivity index (χ1) is 10.6. The fourth-order valence-corrected chi connectivity index (χ4v) is 3.24. The Morgan fingerprint density at radius 3 is 2.77 bits per heavy atom. The number of carbonyl (C=O) groups is 1. The number of aromatic nitrogens is 1. The zero-order valence-corrected chi connectivity index (χ0v) is 13.2. The van der Waals surface area contributed by atoms with Crippen molar-refractivity contribution in [3.63, 3.8) is 0 Å². The summed E-state index contributed by atoms with van der Waals surface area (Å²) in [5.74, 6) is 1.08. The quantitative estimate of drug-likeness (QED) is 0.763. The molecule has 0 saturated heterocycles. The molecule has 1 aromatic carbocycles. The second-order valence-electron chi connectivity index (χ2n) is 4.78. The summed E-state index contributed by atoms with van der Waals surface area (Å²) in [6.45, 7) is 0. The van der Waals surface area contributed by atoms with Crippen molar-refractivity contribution in [3.05, 3.63) is 52.6 Å². The van der Waals surface area contributed by atoms with Crippen LogP contribution in [0, 0.1) is 0 Å². The number of nitrogens with zero attached hydrogens (tertiary/aromatic N) is 1. The molecular formula is C16H13ClN2O2S. The topological polar surface area (TPSA) is 65.2 Å². The third kappa shape index (κ3) is 3.37.